The van der Waals surface area contributed by atoms with Gasteiger partial charge in [-0.2, -0.15) is 5.10 Å². The molecule has 1 heterocycles. The van der Waals surface area contributed by atoms with Crippen molar-refractivity contribution in [1.29, 1.82) is 0 Å². The fourth-order valence-electron chi connectivity index (χ4n) is 2.38. The fourth-order valence-corrected chi connectivity index (χ4v) is 3.42. The van der Waals surface area contributed by atoms with Gasteiger partial charge in [-0.3, -0.25) is 5.10 Å². The first-order valence-corrected chi connectivity index (χ1v) is 8.73. The largest absolute Gasteiger partial charge is 0.494 e. The van der Waals surface area contributed by atoms with Gasteiger partial charge in [-0.1, -0.05) is 6.07 Å². The van der Waals surface area contributed by atoms with Crippen molar-refractivity contribution in [3.05, 3.63) is 54.0 Å². The Hall–Kier alpha value is -2.45. The Morgan fingerprint density at radius 3 is 2.83 bits per heavy atom. The normalized spacial score (nSPS) is 11.8. The van der Waals surface area contributed by atoms with Crippen LogP contribution in [0.4, 0.5) is 4.39 Å². The topological polar surface area (TPSA) is 84.1 Å². The van der Waals surface area contributed by atoms with Crippen LogP contribution in [-0.4, -0.2) is 32.3 Å². The molecule has 0 aliphatic rings. The first kappa shape index (κ1) is 16.4. The van der Waals surface area contributed by atoms with Gasteiger partial charge in [-0.05, 0) is 42.3 Å². The van der Waals surface area contributed by atoms with Crippen LogP contribution >= 0.6 is 0 Å². The molecule has 1 aromatic heterocycles. The van der Waals surface area contributed by atoms with Crippen LogP contribution in [0.3, 0.4) is 0 Å². The van der Waals surface area contributed by atoms with Crippen molar-refractivity contribution in [2.24, 2.45) is 0 Å². The predicted molar refractivity (Wildman–Crippen MR) is 87.9 cm³/mol. The number of sulfonamides is 1. The maximum atomic E-state index is 13.7. The second-order valence-electron chi connectivity index (χ2n) is 5.24. The maximum Gasteiger partial charge on any atom is 0.240 e. The summed E-state index contributed by atoms with van der Waals surface area (Å²) in [6.45, 7) is 0.208. The minimum Gasteiger partial charge on any atom is -0.494 e. The van der Waals surface area contributed by atoms with Gasteiger partial charge in [-0.15, -0.1) is 0 Å². The number of rotatable bonds is 6. The van der Waals surface area contributed by atoms with E-state index in [0.29, 0.717) is 6.42 Å². The molecule has 0 fully saturated rings. The molecule has 6 nitrogen and oxygen atoms in total. The van der Waals surface area contributed by atoms with Crippen molar-refractivity contribution >= 4 is 20.9 Å². The van der Waals surface area contributed by atoms with E-state index in [1.54, 1.807) is 6.20 Å². The zero-order valence-corrected chi connectivity index (χ0v) is 13.7. The average molecular weight is 349 g/mol. The molecule has 0 atom stereocenters. The summed E-state index contributed by atoms with van der Waals surface area (Å²) >= 11 is 0. The first-order valence-electron chi connectivity index (χ1n) is 7.25. The zero-order chi connectivity index (χ0) is 17.2. The lowest BCUT2D eigenvalue weighted by Crippen LogP contribution is -2.26. The molecule has 0 bridgehead atoms. The Balaban J connectivity index is 1.67. The Kier molecular flexibility index (Phi) is 4.50. The second-order valence-corrected chi connectivity index (χ2v) is 7.00. The molecule has 0 spiro atoms. The third-order valence-corrected chi connectivity index (χ3v) is 5.10. The fraction of sp³-hybridized carbons (Fsp3) is 0.188. The molecule has 0 unspecified atom stereocenters. The van der Waals surface area contributed by atoms with E-state index < -0.39 is 15.8 Å². The minimum absolute atomic E-state index is 0.00219. The van der Waals surface area contributed by atoms with Crippen molar-refractivity contribution in [2.75, 3.05) is 13.7 Å². The number of aromatic amines is 1. The molecule has 24 heavy (non-hydrogen) atoms. The summed E-state index contributed by atoms with van der Waals surface area (Å²) in [5.74, 6) is -0.715. The summed E-state index contributed by atoms with van der Waals surface area (Å²) in [4.78, 5) is -0.133. The number of nitrogens with one attached hydrogen (secondary N) is 2. The standard InChI is InChI=1S/C16H16FN3O3S/c1-23-16-5-3-13(9-14(16)17)24(21,22)19-7-6-11-2-4-15-12(8-11)10-18-20-15/h2-5,8-10,19H,6-7H2,1H3,(H,18,20). The number of fused-ring (bicyclic) bond motifs is 1. The van der Waals surface area contributed by atoms with E-state index in [0.717, 1.165) is 22.5 Å². The predicted octanol–water partition coefficient (Wildman–Crippen LogP) is 2.23. The zero-order valence-electron chi connectivity index (χ0n) is 12.9. The van der Waals surface area contributed by atoms with Gasteiger partial charge in [0.2, 0.25) is 10.0 Å². The van der Waals surface area contributed by atoms with Gasteiger partial charge in [0.15, 0.2) is 11.6 Å². The van der Waals surface area contributed by atoms with Gasteiger partial charge in [0, 0.05) is 11.9 Å². The van der Waals surface area contributed by atoms with Crippen molar-refractivity contribution in [2.45, 2.75) is 11.3 Å². The van der Waals surface area contributed by atoms with Gasteiger partial charge in [0.1, 0.15) is 0 Å². The van der Waals surface area contributed by atoms with Crippen molar-refractivity contribution in [3.63, 3.8) is 0 Å². The summed E-state index contributed by atoms with van der Waals surface area (Å²) in [5, 5.41) is 7.76. The lowest BCUT2D eigenvalue weighted by Gasteiger charge is -2.08. The Morgan fingerprint density at radius 2 is 2.08 bits per heavy atom. The molecule has 0 aliphatic heterocycles. The third kappa shape index (κ3) is 3.39. The number of hydrogen-bond acceptors (Lipinski definition) is 4. The summed E-state index contributed by atoms with van der Waals surface area (Å²) < 4.78 is 45.3. The Morgan fingerprint density at radius 1 is 1.25 bits per heavy atom. The molecule has 0 amide bonds. The van der Waals surface area contributed by atoms with Gasteiger partial charge >= 0.3 is 0 Å². The molecular weight excluding hydrogens is 333 g/mol. The van der Waals surface area contributed by atoms with Crippen LogP contribution in [0.15, 0.2) is 47.5 Å². The van der Waals surface area contributed by atoms with Gasteiger partial charge in [0.05, 0.1) is 23.7 Å². The summed E-state index contributed by atoms with van der Waals surface area (Å²) in [7, 11) is -2.45. The summed E-state index contributed by atoms with van der Waals surface area (Å²) in [6, 6.07) is 9.28. The van der Waals surface area contributed by atoms with Crippen LogP contribution in [0, 0.1) is 5.82 Å². The SMILES string of the molecule is COc1ccc(S(=O)(=O)NCCc2ccc3[nH]ncc3c2)cc1F. The van der Waals surface area contributed by atoms with Crippen LogP contribution in [0.25, 0.3) is 10.9 Å². The van der Waals surface area contributed by atoms with Gasteiger partial charge in [0.25, 0.3) is 0 Å². The van der Waals surface area contributed by atoms with Crippen molar-refractivity contribution in [3.8, 4) is 5.75 Å². The smallest absolute Gasteiger partial charge is 0.240 e. The molecule has 126 valence electrons. The molecule has 0 aliphatic carbocycles. The number of hydrogen-bond donors (Lipinski definition) is 2. The number of nitrogens with zero attached hydrogens (tertiary/aromatic N) is 1. The second kappa shape index (κ2) is 6.58. The lowest BCUT2D eigenvalue weighted by molar-refractivity contribution is 0.385. The third-order valence-electron chi connectivity index (χ3n) is 3.64. The highest BCUT2D eigenvalue weighted by Crippen LogP contribution is 2.20. The van der Waals surface area contributed by atoms with E-state index in [2.05, 4.69) is 14.9 Å². The molecule has 2 N–H and O–H groups in total. The van der Waals surface area contributed by atoms with Crippen LogP contribution in [-0.2, 0) is 16.4 Å². The monoisotopic (exact) mass is 349 g/mol. The van der Waals surface area contributed by atoms with E-state index in [-0.39, 0.29) is 17.2 Å². The quantitative estimate of drug-likeness (QED) is 0.715. The molecule has 8 heteroatoms. The van der Waals surface area contributed by atoms with Crippen molar-refractivity contribution < 1.29 is 17.5 Å². The number of methoxy groups -OCH3 is 1. The number of benzene rings is 2. The van der Waals surface area contributed by atoms with Crippen LogP contribution in [0.2, 0.25) is 0 Å². The van der Waals surface area contributed by atoms with Crippen LogP contribution in [0.5, 0.6) is 5.75 Å². The van der Waals surface area contributed by atoms with E-state index in [1.807, 2.05) is 18.2 Å². The van der Waals surface area contributed by atoms with E-state index in [9.17, 15) is 12.8 Å². The minimum atomic E-state index is -3.77. The molecule has 3 aromatic rings. The van der Waals surface area contributed by atoms with Crippen molar-refractivity contribution in [1.82, 2.24) is 14.9 Å². The molecule has 0 radical (unpaired) electrons. The molecule has 0 saturated carbocycles. The number of halogens is 1. The number of aromatic nitrogens is 2. The summed E-state index contributed by atoms with van der Waals surface area (Å²) in [6.07, 6.45) is 2.22. The molecule has 3 rings (SSSR count). The molecular formula is C16H16FN3O3S. The van der Waals surface area contributed by atoms with E-state index in [1.165, 1.54) is 19.2 Å². The summed E-state index contributed by atoms with van der Waals surface area (Å²) in [5.41, 5.74) is 1.90. The highest BCUT2D eigenvalue weighted by Gasteiger charge is 2.16. The first-order chi connectivity index (χ1) is 11.5. The van der Waals surface area contributed by atoms with Crippen LogP contribution in [0.1, 0.15) is 5.56 Å². The number of H-pyrrole nitrogens is 1. The molecule has 2 aromatic carbocycles. The lowest BCUT2D eigenvalue weighted by atomic mass is 10.1. The van der Waals surface area contributed by atoms with E-state index >= 15 is 0 Å². The van der Waals surface area contributed by atoms with Gasteiger partial charge < -0.3 is 4.74 Å². The van der Waals surface area contributed by atoms with Gasteiger partial charge in [-0.25, -0.2) is 17.5 Å². The van der Waals surface area contributed by atoms with E-state index in [4.69, 9.17) is 4.74 Å². The Labute approximate surface area is 138 Å². The Bertz CT molecular complexity index is 970. The maximum absolute atomic E-state index is 13.7. The highest BCUT2D eigenvalue weighted by atomic mass is 32.2. The number of ether oxygens (including phenoxy) is 1. The average Bonchev–Trinajstić information content (AvgIpc) is 3.02. The molecule has 0 saturated heterocycles. The van der Waals surface area contributed by atoms with Crippen LogP contribution < -0.4 is 9.46 Å². The highest BCUT2D eigenvalue weighted by molar-refractivity contribution is 7.89.